The highest BCUT2D eigenvalue weighted by molar-refractivity contribution is 7.14. The first-order chi connectivity index (χ1) is 8.15. The molecule has 0 bridgehead atoms. The molecule has 2 rings (SSSR count). The second-order valence-electron chi connectivity index (χ2n) is 4.02. The lowest BCUT2D eigenvalue weighted by Gasteiger charge is -2.12. The van der Waals surface area contributed by atoms with Gasteiger partial charge in [-0.15, -0.1) is 11.3 Å². The SMILES string of the molecule is CCC(CC)n1cc(N)c(-c2csc(Cl)c2)n1. The van der Waals surface area contributed by atoms with Crippen molar-refractivity contribution < 1.29 is 0 Å². The van der Waals surface area contributed by atoms with Crippen LogP contribution in [0.5, 0.6) is 0 Å². The molecule has 0 saturated heterocycles. The second-order valence-corrected chi connectivity index (χ2v) is 5.57. The van der Waals surface area contributed by atoms with Crippen LogP contribution in [-0.4, -0.2) is 9.78 Å². The summed E-state index contributed by atoms with van der Waals surface area (Å²) in [6.07, 6.45) is 4.03. The monoisotopic (exact) mass is 269 g/mol. The van der Waals surface area contributed by atoms with Gasteiger partial charge >= 0.3 is 0 Å². The first-order valence-electron chi connectivity index (χ1n) is 5.74. The molecule has 0 aliphatic heterocycles. The van der Waals surface area contributed by atoms with E-state index in [0.717, 1.165) is 28.4 Å². The zero-order valence-corrected chi connectivity index (χ0v) is 11.6. The van der Waals surface area contributed by atoms with E-state index in [-0.39, 0.29) is 0 Å². The maximum atomic E-state index is 6.01. The molecule has 0 aromatic carbocycles. The van der Waals surface area contributed by atoms with Gasteiger partial charge in [0.2, 0.25) is 0 Å². The van der Waals surface area contributed by atoms with E-state index in [9.17, 15) is 0 Å². The van der Waals surface area contributed by atoms with Gasteiger partial charge in [-0.3, -0.25) is 4.68 Å². The summed E-state index contributed by atoms with van der Waals surface area (Å²) >= 11 is 7.43. The summed E-state index contributed by atoms with van der Waals surface area (Å²) in [5.74, 6) is 0. The zero-order valence-electron chi connectivity index (χ0n) is 9.98. The van der Waals surface area contributed by atoms with Crippen LogP contribution in [0.4, 0.5) is 5.69 Å². The topological polar surface area (TPSA) is 43.8 Å². The second kappa shape index (κ2) is 5.10. The molecule has 2 heterocycles. The summed E-state index contributed by atoms with van der Waals surface area (Å²) in [5.41, 5.74) is 8.56. The molecule has 0 amide bonds. The Bertz CT molecular complexity index is 500. The molecule has 0 spiro atoms. The standard InChI is InChI=1S/C12H16ClN3S/c1-3-9(4-2)16-6-10(14)12(15-16)8-5-11(13)17-7-8/h5-7,9H,3-4,14H2,1-2H3. The van der Waals surface area contributed by atoms with Crippen molar-refractivity contribution in [3.63, 3.8) is 0 Å². The Balaban J connectivity index is 2.37. The predicted octanol–water partition coefficient (Wildman–Crippen LogP) is 4.21. The van der Waals surface area contributed by atoms with Crippen LogP contribution in [-0.2, 0) is 0 Å². The molecule has 0 saturated carbocycles. The molecule has 2 aromatic heterocycles. The van der Waals surface area contributed by atoms with Crippen molar-refractivity contribution in [3.8, 4) is 11.3 Å². The van der Waals surface area contributed by atoms with Crippen LogP contribution in [0.25, 0.3) is 11.3 Å². The largest absolute Gasteiger partial charge is 0.396 e. The summed E-state index contributed by atoms with van der Waals surface area (Å²) in [4.78, 5) is 0. The normalized spacial score (nSPS) is 11.3. The van der Waals surface area contributed by atoms with E-state index in [0.29, 0.717) is 11.7 Å². The fourth-order valence-corrected chi connectivity index (χ4v) is 2.78. The number of aromatic nitrogens is 2. The van der Waals surface area contributed by atoms with Gasteiger partial charge in [-0.1, -0.05) is 25.4 Å². The molecule has 0 aliphatic rings. The minimum atomic E-state index is 0.417. The lowest BCUT2D eigenvalue weighted by Crippen LogP contribution is -2.07. The van der Waals surface area contributed by atoms with Crippen molar-refractivity contribution in [2.75, 3.05) is 5.73 Å². The van der Waals surface area contributed by atoms with Crippen molar-refractivity contribution in [3.05, 3.63) is 22.0 Å². The lowest BCUT2D eigenvalue weighted by molar-refractivity contribution is 0.429. The average molecular weight is 270 g/mol. The van der Waals surface area contributed by atoms with Crippen molar-refractivity contribution in [2.24, 2.45) is 0 Å². The van der Waals surface area contributed by atoms with E-state index in [4.69, 9.17) is 17.3 Å². The Kier molecular flexibility index (Phi) is 3.74. The first-order valence-corrected chi connectivity index (χ1v) is 7.00. The Morgan fingerprint density at radius 2 is 2.18 bits per heavy atom. The summed E-state index contributed by atoms with van der Waals surface area (Å²) in [6, 6.07) is 2.32. The number of hydrogen-bond donors (Lipinski definition) is 1. The van der Waals surface area contributed by atoms with E-state index < -0.39 is 0 Å². The number of rotatable bonds is 4. The molecule has 17 heavy (non-hydrogen) atoms. The Hall–Kier alpha value is -1.00. The molecule has 0 radical (unpaired) electrons. The highest BCUT2D eigenvalue weighted by Gasteiger charge is 2.14. The van der Waals surface area contributed by atoms with Crippen LogP contribution in [0.15, 0.2) is 17.6 Å². The zero-order chi connectivity index (χ0) is 12.4. The number of hydrogen-bond acceptors (Lipinski definition) is 3. The number of halogens is 1. The van der Waals surface area contributed by atoms with Gasteiger partial charge in [-0.25, -0.2) is 0 Å². The maximum Gasteiger partial charge on any atom is 0.116 e. The fraction of sp³-hybridized carbons (Fsp3) is 0.417. The van der Waals surface area contributed by atoms with Crippen LogP contribution in [0.2, 0.25) is 4.34 Å². The van der Waals surface area contributed by atoms with E-state index in [2.05, 4.69) is 18.9 Å². The summed E-state index contributed by atoms with van der Waals surface area (Å²) < 4.78 is 2.73. The van der Waals surface area contributed by atoms with Crippen LogP contribution in [0.1, 0.15) is 32.7 Å². The molecule has 0 atom stereocenters. The lowest BCUT2D eigenvalue weighted by atomic mass is 10.2. The van der Waals surface area contributed by atoms with Gasteiger partial charge in [0.15, 0.2) is 0 Å². The maximum absolute atomic E-state index is 6.01. The van der Waals surface area contributed by atoms with E-state index in [1.807, 2.05) is 22.3 Å². The van der Waals surface area contributed by atoms with Crippen LogP contribution >= 0.6 is 22.9 Å². The Labute approximate surface area is 110 Å². The van der Waals surface area contributed by atoms with Crippen LogP contribution in [0.3, 0.4) is 0 Å². The molecule has 3 nitrogen and oxygen atoms in total. The van der Waals surface area contributed by atoms with Gasteiger partial charge in [-0.2, -0.15) is 5.10 Å². The third-order valence-corrected chi connectivity index (χ3v) is 4.01. The van der Waals surface area contributed by atoms with Crippen molar-refractivity contribution in [2.45, 2.75) is 32.7 Å². The van der Waals surface area contributed by atoms with Gasteiger partial charge in [0.1, 0.15) is 5.69 Å². The number of nitrogens with zero attached hydrogens (tertiary/aromatic N) is 2. The van der Waals surface area contributed by atoms with Gasteiger partial charge < -0.3 is 5.73 Å². The Morgan fingerprint density at radius 3 is 2.71 bits per heavy atom. The summed E-state index contributed by atoms with van der Waals surface area (Å²) in [6.45, 7) is 4.32. The third-order valence-electron chi connectivity index (χ3n) is 2.92. The van der Waals surface area contributed by atoms with Crippen LogP contribution < -0.4 is 5.73 Å². The number of anilines is 1. The Morgan fingerprint density at radius 1 is 1.47 bits per heavy atom. The molecule has 92 valence electrons. The molecule has 0 fully saturated rings. The number of thiophene rings is 1. The van der Waals surface area contributed by atoms with E-state index >= 15 is 0 Å². The highest BCUT2D eigenvalue weighted by Crippen LogP contribution is 2.32. The summed E-state index contributed by atoms with van der Waals surface area (Å²) in [5, 5.41) is 6.56. The molecule has 2 aromatic rings. The van der Waals surface area contributed by atoms with E-state index in [1.54, 1.807) is 0 Å². The predicted molar refractivity (Wildman–Crippen MR) is 74.6 cm³/mol. The van der Waals surface area contributed by atoms with Crippen molar-refractivity contribution in [1.29, 1.82) is 0 Å². The highest BCUT2D eigenvalue weighted by atomic mass is 35.5. The molecule has 2 N–H and O–H groups in total. The van der Waals surface area contributed by atoms with Gasteiger partial charge in [0.05, 0.1) is 16.1 Å². The molecule has 5 heteroatoms. The number of nitrogen functional groups attached to an aromatic ring is 1. The number of nitrogens with two attached hydrogens (primary N) is 1. The minimum Gasteiger partial charge on any atom is -0.396 e. The van der Waals surface area contributed by atoms with Crippen molar-refractivity contribution >= 4 is 28.6 Å². The quantitative estimate of drug-likeness (QED) is 0.904. The molecule has 0 unspecified atom stereocenters. The van der Waals surface area contributed by atoms with E-state index in [1.165, 1.54) is 11.3 Å². The molecular weight excluding hydrogens is 254 g/mol. The summed E-state index contributed by atoms with van der Waals surface area (Å²) in [7, 11) is 0. The van der Waals surface area contributed by atoms with Gasteiger partial charge in [0.25, 0.3) is 0 Å². The van der Waals surface area contributed by atoms with Gasteiger partial charge in [-0.05, 0) is 18.9 Å². The van der Waals surface area contributed by atoms with Gasteiger partial charge in [0, 0.05) is 17.1 Å². The molecule has 0 aliphatic carbocycles. The fourth-order valence-electron chi connectivity index (χ4n) is 1.91. The molecular formula is C12H16ClN3S. The smallest absolute Gasteiger partial charge is 0.116 e. The minimum absolute atomic E-state index is 0.417. The van der Waals surface area contributed by atoms with Crippen molar-refractivity contribution in [1.82, 2.24) is 9.78 Å². The third kappa shape index (κ3) is 2.48. The van der Waals surface area contributed by atoms with Crippen LogP contribution in [0, 0.1) is 0 Å². The average Bonchev–Trinajstić information content (AvgIpc) is 2.87. The first kappa shape index (κ1) is 12.5.